The molecule has 7 heteroatoms. The molecular formula is C26H25N3O3S. The highest BCUT2D eigenvalue weighted by molar-refractivity contribution is 7.99. The Bertz CT molecular complexity index is 1240. The second-order valence-corrected chi connectivity index (χ2v) is 8.50. The lowest BCUT2D eigenvalue weighted by Gasteiger charge is -2.20. The van der Waals surface area contributed by atoms with Gasteiger partial charge in [0, 0.05) is 13.2 Å². The molecule has 4 aromatic rings. The fourth-order valence-electron chi connectivity index (χ4n) is 3.67. The fourth-order valence-corrected chi connectivity index (χ4v) is 4.50. The van der Waals surface area contributed by atoms with Crippen LogP contribution < -0.4 is 10.9 Å². The molecule has 0 aliphatic carbocycles. The molecule has 1 amide bonds. The third-order valence-corrected chi connectivity index (χ3v) is 6.25. The maximum Gasteiger partial charge on any atom is 0.262 e. The molecule has 3 aromatic carbocycles. The van der Waals surface area contributed by atoms with E-state index in [4.69, 9.17) is 0 Å². The Morgan fingerprint density at radius 2 is 1.55 bits per heavy atom. The van der Waals surface area contributed by atoms with Crippen molar-refractivity contribution in [1.82, 2.24) is 14.9 Å². The molecule has 2 N–H and O–H groups in total. The highest BCUT2D eigenvalue weighted by Gasteiger charge is 2.18. The lowest BCUT2D eigenvalue weighted by molar-refractivity contribution is -0.119. The number of fused-ring (bicyclic) bond motifs is 1. The Morgan fingerprint density at radius 1 is 0.939 bits per heavy atom. The number of aromatic nitrogens is 2. The molecule has 0 saturated carbocycles. The highest BCUT2D eigenvalue weighted by Crippen LogP contribution is 2.23. The van der Waals surface area contributed by atoms with E-state index in [1.165, 1.54) is 11.8 Å². The minimum Gasteiger partial charge on any atom is -0.396 e. The lowest BCUT2D eigenvalue weighted by atomic mass is 9.99. The summed E-state index contributed by atoms with van der Waals surface area (Å²) in [5.74, 6) is -0.0473. The number of thioether (sulfide) groups is 1. The first-order valence-corrected chi connectivity index (χ1v) is 11.8. The van der Waals surface area contributed by atoms with Crippen LogP contribution in [-0.2, 0) is 11.3 Å². The van der Waals surface area contributed by atoms with E-state index in [1.807, 2.05) is 66.7 Å². The van der Waals surface area contributed by atoms with Crippen LogP contribution in [0.5, 0.6) is 0 Å². The smallest absolute Gasteiger partial charge is 0.262 e. The Balaban J connectivity index is 1.56. The van der Waals surface area contributed by atoms with Crippen molar-refractivity contribution >= 4 is 28.6 Å². The van der Waals surface area contributed by atoms with Gasteiger partial charge in [-0.1, -0.05) is 84.6 Å². The topological polar surface area (TPSA) is 84.2 Å². The third kappa shape index (κ3) is 5.50. The van der Waals surface area contributed by atoms with Gasteiger partial charge in [-0.25, -0.2) is 4.98 Å². The molecule has 1 aromatic heterocycles. The number of aliphatic hydroxyl groups excluding tert-OH is 1. The Kier molecular flexibility index (Phi) is 7.55. The average molecular weight is 460 g/mol. The highest BCUT2D eigenvalue weighted by atomic mass is 32.2. The summed E-state index contributed by atoms with van der Waals surface area (Å²) in [6.45, 7) is 0.313. The van der Waals surface area contributed by atoms with Crippen molar-refractivity contribution in [2.45, 2.75) is 24.2 Å². The van der Waals surface area contributed by atoms with Crippen molar-refractivity contribution < 1.29 is 9.90 Å². The number of hydrogen-bond acceptors (Lipinski definition) is 5. The van der Waals surface area contributed by atoms with Crippen molar-refractivity contribution in [3.05, 3.63) is 106 Å². The standard InChI is InChI=1S/C26H25N3O3S/c30-17-9-16-29-25(32)21-14-7-8-15-22(21)27-26(29)33-18-23(31)28-24(19-10-3-1-4-11-19)20-12-5-2-6-13-20/h1-8,10-15,24,30H,9,16-18H2,(H,28,31). The van der Waals surface area contributed by atoms with Gasteiger partial charge >= 0.3 is 0 Å². The number of aliphatic hydroxyl groups is 1. The summed E-state index contributed by atoms with van der Waals surface area (Å²) in [5.41, 5.74) is 2.41. The van der Waals surface area contributed by atoms with E-state index in [-0.39, 0.29) is 29.9 Å². The molecule has 4 rings (SSSR count). The van der Waals surface area contributed by atoms with E-state index in [1.54, 1.807) is 22.8 Å². The van der Waals surface area contributed by atoms with Gasteiger partial charge in [0.1, 0.15) is 0 Å². The first kappa shape index (κ1) is 22.8. The van der Waals surface area contributed by atoms with E-state index in [0.717, 1.165) is 11.1 Å². The van der Waals surface area contributed by atoms with Crippen LogP contribution in [-0.4, -0.2) is 32.9 Å². The molecular weight excluding hydrogens is 434 g/mol. The Labute approximate surface area is 196 Å². The predicted octanol–water partition coefficient (Wildman–Crippen LogP) is 3.78. The minimum absolute atomic E-state index is 0.0281. The summed E-state index contributed by atoms with van der Waals surface area (Å²) in [7, 11) is 0. The van der Waals surface area contributed by atoms with Crippen molar-refractivity contribution in [2.75, 3.05) is 12.4 Å². The van der Waals surface area contributed by atoms with Crippen molar-refractivity contribution in [3.63, 3.8) is 0 Å². The van der Waals surface area contributed by atoms with Gasteiger partial charge in [-0.15, -0.1) is 0 Å². The SMILES string of the molecule is O=C(CSc1nc2ccccc2c(=O)n1CCCO)NC(c1ccccc1)c1ccccc1. The molecule has 0 radical (unpaired) electrons. The number of nitrogens with one attached hydrogen (secondary N) is 1. The van der Waals surface area contributed by atoms with Gasteiger partial charge in [0.15, 0.2) is 5.16 Å². The first-order chi connectivity index (χ1) is 16.2. The molecule has 1 heterocycles. The number of hydrogen-bond donors (Lipinski definition) is 2. The number of carbonyl (C=O) groups excluding carboxylic acids is 1. The Morgan fingerprint density at radius 3 is 2.18 bits per heavy atom. The van der Waals surface area contributed by atoms with E-state index in [2.05, 4.69) is 10.3 Å². The summed E-state index contributed by atoms with van der Waals surface area (Å²) in [5, 5.41) is 13.4. The van der Waals surface area contributed by atoms with Gasteiger partial charge < -0.3 is 10.4 Å². The molecule has 0 fully saturated rings. The zero-order valence-electron chi connectivity index (χ0n) is 18.1. The molecule has 0 spiro atoms. The fraction of sp³-hybridized carbons (Fsp3) is 0.192. The van der Waals surface area contributed by atoms with Crippen LogP contribution in [0.15, 0.2) is 94.9 Å². The van der Waals surface area contributed by atoms with Crippen LogP contribution in [0.4, 0.5) is 0 Å². The maximum atomic E-state index is 13.0. The van der Waals surface area contributed by atoms with Crippen molar-refractivity contribution in [2.24, 2.45) is 0 Å². The van der Waals surface area contributed by atoms with Gasteiger partial charge in [-0.3, -0.25) is 14.2 Å². The van der Waals surface area contributed by atoms with Crippen molar-refractivity contribution in [3.8, 4) is 0 Å². The quantitative estimate of drug-likeness (QED) is 0.294. The van der Waals surface area contributed by atoms with E-state index in [0.29, 0.717) is 29.0 Å². The Hall–Kier alpha value is -3.42. The van der Waals surface area contributed by atoms with E-state index in [9.17, 15) is 14.7 Å². The van der Waals surface area contributed by atoms with Crippen LogP contribution in [0.3, 0.4) is 0 Å². The lowest BCUT2D eigenvalue weighted by Crippen LogP contribution is -2.31. The normalized spacial score (nSPS) is 11.1. The summed E-state index contributed by atoms with van der Waals surface area (Å²) in [4.78, 5) is 30.6. The van der Waals surface area contributed by atoms with E-state index >= 15 is 0 Å². The molecule has 0 unspecified atom stereocenters. The number of rotatable bonds is 9. The number of para-hydroxylation sites is 1. The maximum absolute atomic E-state index is 13.0. The van der Waals surface area contributed by atoms with Crippen LogP contribution >= 0.6 is 11.8 Å². The molecule has 33 heavy (non-hydrogen) atoms. The zero-order valence-corrected chi connectivity index (χ0v) is 18.9. The number of carbonyl (C=O) groups is 1. The van der Waals surface area contributed by atoms with Gasteiger partial charge in [0.2, 0.25) is 5.91 Å². The number of amides is 1. The van der Waals surface area contributed by atoms with Crippen LogP contribution in [0.1, 0.15) is 23.6 Å². The van der Waals surface area contributed by atoms with Gasteiger partial charge in [0.25, 0.3) is 5.56 Å². The first-order valence-electron chi connectivity index (χ1n) is 10.8. The average Bonchev–Trinajstić information content (AvgIpc) is 2.86. The molecule has 0 saturated heterocycles. The number of nitrogens with zero attached hydrogens (tertiary/aromatic N) is 2. The number of benzene rings is 3. The second kappa shape index (κ2) is 10.9. The predicted molar refractivity (Wildman–Crippen MR) is 131 cm³/mol. The summed E-state index contributed by atoms with van der Waals surface area (Å²) >= 11 is 1.23. The molecule has 0 bridgehead atoms. The third-order valence-electron chi connectivity index (χ3n) is 5.27. The summed E-state index contributed by atoms with van der Waals surface area (Å²) < 4.78 is 1.54. The molecule has 0 atom stereocenters. The largest absolute Gasteiger partial charge is 0.396 e. The molecule has 0 aliphatic rings. The monoisotopic (exact) mass is 459 g/mol. The molecule has 168 valence electrons. The van der Waals surface area contributed by atoms with Crippen molar-refractivity contribution in [1.29, 1.82) is 0 Å². The summed E-state index contributed by atoms with van der Waals surface area (Å²) in [6, 6.07) is 26.5. The minimum atomic E-state index is -0.276. The second-order valence-electron chi connectivity index (χ2n) is 7.56. The van der Waals surface area contributed by atoms with Gasteiger partial charge in [-0.05, 0) is 29.7 Å². The van der Waals surface area contributed by atoms with E-state index < -0.39 is 0 Å². The van der Waals surface area contributed by atoms with Crippen LogP contribution in [0.25, 0.3) is 10.9 Å². The summed E-state index contributed by atoms with van der Waals surface area (Å²) in [6.07, 6.45) is 0.434. The van der Waals surface area contributed by atoms with Gasteiger partial charge in [-0.2, -0.15) is 0 Å². The zero-order chi connectivity index (χ0) is 23.0. The molecule has 0 aliphatic heterocycles. The van der Waals surface area contributed by atoms with Gasteiger partial charge in [0.05, 0.1) is 22.7 Å². The molecule has 6 nitrogen and oxygen atoms in total. The van der Waals surface area contributed by atoms with Crippen LogP contribution in [0.2, 0.25) is 0 Å². The van der Waals surface area contributed by atoms with Crippen LogP contribution in [0, 0.1) is 0 Å².